The number of fused-ring (bicyclic) bond motifs is 3. The van der Waals surface area contributed by atoms with Crippen LogP contribution in [0.4, 0.5) is 0 Å². The number of carbonyl (C=O) groups excluding carboxylic acids is 1. The van der Waals surface area contributed by atoms with Gasteiger partial charge in [-0.15, -0.1) is 11.3 Å². The molecule has 1 amide bonds. The number of benzene rings is 2. The predicted octanol–water partition coefficient (Wildman–Crippen LogP) is 4.24. The molecule has 0 aliphatic heterocycles. The zero-order valence-corrected chi connectivity index (χ0v) is 18.7. The van der Waals surface area contributed by atoms with Crippen molar-refractivity contribution in [2.75, 3.05) is 13.7 Å². The second-order valence-electron chi connectivity index (χ2n) is 7.41. The number of ether oxygens (including phenoxy) is 1. The van der Waals surface area contributed by atoms with E-state index in [4.69, 9.17) is 4.74 Å². The summed E-state index contributed by atoms with van der Waals surface area (Å²) < 4.78 is 8.66. The van der Waals surface area contributed by atoms with Crippen LogP contribution in [0.15, 0.2) is 53.3 Å². The second kappa shape index (κ2) is 8.89. The van der Waals surface area contributed by atoms with Gasteiger partial charge < -0.3 is 10.1 Å². The fourth-order valence-electron chi connectivity index (χ4n) is 3.91. The van der Waals surface area contributed by atoms with Gasteiger partial charge >= 0.3 is 0 Å². The van der Waals surface area contributed by atoms with Gasteiger partial charge in [-0.25, -0.2) is 4.68 Å². The summed E-state index contributed by atoms with van der Waals surface area (Å²) in [6.07, 6.45) is 1.11. The molecule has 1 atom stereocenters. The Hall–Kier alpha value is -3.19. The van der Waals surface area contributed by atoms with Gasteiger partial charge in [0, 0.05) is 16.6 Å². The number of carbonyl (C=O) groups is 1. The first kappa shape index (κ1) is 21.1. The molecule has 0 bridgehead atoms. The molecular formula is C24H25N3O3S. The van der Waals surface area contributed by atoms with E-state index in [0.717, 1.165) is 31.8 Å². The summed E-state index contributed by atoms with van der Waals surface area (Å²) in [4.78, 5) is 26.3. The summed E-state index contributed by atoms with van der Waals surface area (Å²) in [6.45, 7) is 4.23. The lowest BCUT2D eigenvalue weighted by Crippen LogP contribution is -2.39. The Labute approximate surface area is 184 Å². The van der Waals surface area contributed by atoms with Crippen LogP contribution in [0.5, 0.6) is 5.75 Å². The van der Waals surface area contributed by atoms with Crippen molar-refractivity contribution < 1.29 is 9.53 Å². The molecule has 2 aromatic heterocycles. The lowest BCUT2D eigenvalue weighted by molar-refractivity contribution is -0.124. The maximum Gasteiger partial charge on any atom is 0.276 e. The first-order valence-electron chi connectivity index (χ1n) is 10.4. The Morgan fingerprint density at radius 2 is 1.94 bits per heavy atom. The van der Waals surface area contributed by atoms with Crippen molar-refractivity contribution in [3.63, 3.8) is 0 Å². The first-order chi connectivity index (χ1) is 15.0. The minimum Gasteiger partial charge on any atom is -0.496 e. The van der Waals surface area contributed by atoms with Crippen molar-refractivity contribution in [2.24, 2.45) is 0 Å². The van der Waals surface area contributed by atoms with E-state index < -0.39 is 6.04 Å². The van der Waals surface area contributed by atoms with Crippen LogP contribution in [0.3, 0.4) is 0 Å². The Bertz CT molecular complexity index is 1310. The van der Waals surface area contributed by atoms with Crippen molar-refractivity contribution >= 4 is 37.4 Å². The Morgan fingerprint density at radius 3 is 2.71 bits per heavy atom. The lowest BCUT2D eigenvalue weighted by Gasteiger charge is -2.18. The molecular weight excluding hydrogens is 410 g/mol. The number of amides is 1. The van der Waals surface area contributed by atoms with E-state index in [1.54, 1.807) is 18.4 Å². The molecule has 0 saturated heterocycles. The fraction of sp³-hybridized carbons (Fsp3) is 0.292. The SMILES string of the molecule is CC[C@@H](C(=O)NCCc1ccccc1OC)n1nc(C)c2sc3ccccc3c2c1=O. The van der Waals surface area contributed by atoms with Crippen LogP contribution in [0, 0.1) is 6.92 Å². The highest BCUT2D eigenvalue weighted by atomic mass is 32.1. The number of hydrogen-bond donors (Lipinski definition) is 1. The van der Waals surface area contributed by atoms with Crippen LogP contribution in [0.1, 0.15) is 30.6 Å². The van der Waals surface area contributed by atoms with Crippen LogP contribution in [-0.4, -0.2) is 29.3 Å². The van der Waals surface area contributed by atoms with E-state index in [1.807, 2.05) is 62.4 Å². The fourth-order valence-corrected chi connectivity index (χ4v) is 5.04. The van der Waals surface area contributed by atoms with E-state index in [0.29, 0.717) is 24.8 Å². The maximum absolute atomic E-state index is 13.3. The van der Waals surface area contributed by atoms with Gasteiger partial charge in [0.2, 0.25) is 5.91 Å². The summed E-state index contributed by atoms with van der Waals surface area (Å²) in [5.74, 6) is 0.595. The molecule has 0 radical (unpaired) electrons. The third kappa shape index (κ3) is 3.93. The molecule has 0 fully saturated rings. The average Bonchev–Trinajstić information content (AvgIpc) is 3.18. The normalized spacial score (nSPS) is 12.2. The molecule has 7 heteroatoms. The highest BCUT2D eigenvalue weighted by molar-refractivity contribution is 7.26. The molecule has 0 aliphatic rings. The van der Waals surface area contributed by atoms with Gasteiger partial charge in [0.15, 0.2) is 0 Å². The largest absolute Gasteiger partial charge is 0.496 e. The van der Waals surface area contributed by atoms with Crippen molar-refractivity contribution in [3.8, 4) is 5.75 Å². The van der Waals surface area contributed by atoms with E-state index in [2.05, 4.69) is 10.4 Å². The average molecular weight is 436 g/mol. The third-order valence-corrected chi connectivity index (χ3v) is 6.75. The van der Waals surface area contributed by atoms with Gasteiger partial charge in [-0.3, -0.25) is 9.59 Å². The van der Waals surface area contributed by atoms with E-state index >= 15 is 0 Å². The van der Waals surface area contributed by atoms with Crippen LogP contribution < -0.4 is 15.6 Å². The van der Waals surface area contributed by atoms with Crippen molar-refractivity contribution in [1.29, 1.82) is 0 Å². The molecule has 0 unspecified atom stereocenters. The van der Waals surface area contributed by atoms with Gasteiger partial charge in [-0.05, 0) is 37.5 Å². The molecule has 2 aromatic carbocycles. The topological polar surface area (TPSA) is 73.2 Å². The number of hydrogen-bond acceptors (Lipinski definition) is 5. The van der Waals surface area contributed by atoms with Crippen LogP contribution in [0.2, 0.25) is 0 Å². The standard InChI is InChI=1S/C24H25N3O3S/c1-4-18(23(28)25-14-13-16-9-5-7-11-19(16)30-3)27-24(29)21-17-10-6-8-12-20(17)31-22(21)15(2)26-27/h5-12,18H,4,13-14H2,1-3H3,(H,25,28)/t18-/m0/s1. The van der Waals surface area contributed by atoms with E-state index in [-0.39, 0.29) is 11.5 Å². The van der Waals surface area contributed by atoms with Gasteiger partial charge in [0.25, 0.3) is 5.56 Å². The molecule has 4 aromatic rings. The van der Waals surface area contributed by atoms with Crippen molar-refractivity contribution in [2.45, 2.75) is 32.7 Å². The number of para-hydroxylation sites is 1. The molecule has 0 spiro atoms. The number of rotatable bonds is 7. The minimum atomic E-state index is -0.660. The summed E-state index contributed by atoms with van der Waals surface area (Å²) in [7, 11) is 1.63. The predicted molar refractivity (Wildman–Crippen MR) is 125 cm³/mol. The first-order valence-corrected chi connectivity index (χ1v) is 11.2. The number of aryl methyl sites for hydroxylation is 1. The Morgan fingerprint density at radius 1 is 1.19 bits per heavy atom. The highest BCUT2D eigenvalue weighted by Crippen LogP contribution is 2.33. The van der Waals surface area contributed by atoms with Crippen LogP contribution >= 0.6 is 11.3 Å². The molecule has 160 valence electrons. The molecule has 0 aliphatic carbocycles. The van der Waals surface area contributed by atoms with Crippen LogP contribution in [-0.2, 0) is 11.2 Å². The monoisotopic (exact) mass is 435 g/mol. The number of thiophene rings is 1. The number of nitrogens with one attached hydrogen (secondary N) is 1. The van der Waals surface area contributed by atoms with Gasteiger partial charge in [-0.2, -0.15) is 5.10 Å². The zero-order chi connectivity index (χ0) is 22.0. The molecule has 31 heavy (non-hydrogen) atoms. The molecule has 2 heterocycles. The summed E-state index contributed by atoms with van der Waals surface area (Å²) in [5.41, 5.74) is 1.57. The third-order valence-electron chi connectivity index (χ3n) is 5.47. The summed E-state index contributed by atoms with van der Waals surface area (Å²) >= 11 is 1.57. The van der Waals surface area contributed by atoms with Crippen molar-refractivity contribution in [1.82, 2.24) is 15.1 Å². The molecule has 1 N–H and O–H groups in total. The summed E-state index contributed by atoms with van der Waals surface area (Å²) in [6, 6.07) is 14.9. The second-order valence-corrected chi connectivity index (χ2v) is 8.47. The molecule has 0 saturated carbocycles. The van der Waals surface area contributed by atoms with Crippen molar-refractivity contribution in [3.05, 3.63) is 70.1 Å². The minimum absolute atomic E-state index is 0.203. The Balaban J connectivity index is 1.61. The van der Waals surface area contributed by atoms with Gasteiger partial charge in [-0.1, -0.05) is 43.3 Å². The highest BCUT2D eigenvalue weighted by Gasteiger charge is 2.24. The van der Waals surface area contributed by atoms with Gasteiger partial charge in [0.05, 0.1) is 22.9 Å². The number of aromatic nitrogens is 2. The number of methoxy groups -OCH3 is 1. The van der Waals surface area contributed by atoms with Gasteiger partial charge in [0.1, 0.15) is 11.8 Å². The zero-order valence-electron chi connectivity index (χ0n) is 17.8. The van der Waals surface area contributed by atoms with E-state index in [1.165, 1.54) is 4.68 Å². The smallest absolute Gasteiger partial charge is 0.276 e. The lowest BCUT2D eigenvalue weighted by atomic mass is 10.1. The maximum atomic E-state index is 13.3. The Kier molecular flexibility index (Phi) is 6.04. The van der Waals surface area contributed by atoms with Crippen LogP contribution in [0.25, 0.3) is 20.2 Å². The number of nitrogens with zero attached hydrogens (tertiary/aromatic N) is 2. The molecule has 6 nitrogen and oxygen atoms in total. The van der Waals surface area contributed by atoms with E-state index in [9.17, 15) is 9.59 Å². The molecule has 4 rings (SSSR count). The summed E-state index contributed by atoms with van der Waals surface area (Å²) in [5, 5.41) is 9.04. The quantitative estimate of drug-likeness (QED) is 0.471.